The quantitative estimate of drug-likeness (QED) is 0.821. The Balaban J connectivity index is 2.98. The average molecular weight is 317 g/mol. The molecule has 2 N–H and O–H groups in total. The topological polar surface area (TPSA) is 101 Å². The standard InChI is InChI=1S/C13H16FNO5S/c1-3-8(2)15-12(16)7-21(19,20)11-5-4-9(13(17)18)6-10(11)14/h4-6,8H,3,7H2,1-2H3,(H,15,16)(H,17,18). The molecule has 0 heterocycles. The van der Waals surface area contributed by atoms with Crippen molar-refractivity contribution in [3.8, 4) is 0 Å². The van der Waals surface area contributed by atoms with Gasteiger partial charge in [-0.2, -0.15) is 0 Å². The number of benzene rings is 1. The second-order valence-electron chi connectivity index (χ2n) is 4.59. The third-order valence-electron chi connectivity index (χ3n) is 2.85. The molecule has 8 heteroatoms. The van der Waals surface area contributed by atoms with Crippen LogP contribution in [-0.2, 0) is 14.6 Å². The molecule has 1 atom stereocenters. The lowest BCUT2D eigenvalue weighted by atomic mass is 10.2. The van der Waals surface area contributed by atoms with Gasteiger partial charge in [0.25, 0.3) is 0 Å². The van der Waals surface area contributed by atoms with E-state index >= 15 is 0 Å². The third-order valence-corrected chi connectivity index (χ3v) is 4.50. The van der Waals surface area contributed by atoms with Crippen LogP contribution in [0, 0.1) is 5.82 Å². The number of carbonyl (C=O) groups excluding carboxylic acids is 1. The maximum absolute atomic E-state index is 13.7. The zero-order valence-electron chi connectivity index (χ0n) is 11.6. The molecule has 1 aromatic carbocycles. The molecule has 0 aliphatic carbocycles. The van der Waals surface area contributed by atoms with Gasteiger partial charge in [0.1, 0.15) is 16.5 Å². The molecule has 1 unspecified atom stereocenters. The summed E-state index contributed by atoms with van der Waals surface area (Å²) in [5.41, 5.74) is -0.365. The summed E-state index contributed by atoms with van der Waals surface area (Å²) >= 11 is 0. The number of hydrogen-bond donors (Lipinski definition) is 2. The van der Waals surface area contributed by atoms with E-state index in [1.807, 2.05) is 6.92 Å². The molecule has 1 aromatic rings. The summed E-state index contributed by atoms with van der Waals surface area (Å²) in [5, 5.41) is 11.2. The minimum Gasteiger partial charge on any atom is -0.478 e. The molecule has 1 rings (SSSR count). The van der Waals surface area contributed by atoms with Crippen LogP contribution in [0.3, 0.4) is 0 Å². The summed E-state index contributed by atoms with van der Waals surface area (Å²) in [6, 6.07) is 2.25. The number of nitrogens with one attached hydrogen (secondary N) is 1. The van der Waals surface area contributed by atoms with Gasteiger partial charge in [-0.15, -0.1) is 0 Å². The van der Waals surface area contributed by atoms with Crippen LogP contribution in [0.1, 0.15) is 30.6 Å². The number of carbonyl (C=O) groups is 2. The van der Waals surface area contributed by atoms with Gasteiger partial charge >= 0.3 is 5.97 Å². The Morgan fingerprint density at radius 2 is 2.00 bits per heavy atom. The second-order valence-corrected chi connectivity index (χ2v) is 6.54. The summed E-state index contributed by atoms with van der Waals surface area (Å²) in [4.78, 5) is 21.6. The first-order chi connectivity index (χ1) is 9.67. The fraction of sp³-hybridized carbons (Fsp3) is 0.385. The fourth-order valence-corrected chi connectivity index (χ4v) is 2.77. The molecule has 0 fully saturated rings. The number of rotatable bonds is 6. The molecular weight excluding hydrogens is 301 g/mol. The summed E-state index contributed by atoms with van der Waals surface area (Å²) in [6.07, 6.45) is 0.632. The highest BCUT2D eigenvalue weighted by atomic mass is 32.2. The molecule has 0 aromatic heterocycles. The highest BCUT2D eigenvalue weighted by Crippen LogP contribution is 2.17. The Labute approximate surface area is 121 Å². The molecule has 6 nitrogen and oxygen atoms in total. The predicted molar refractivity (Wildman–Crippen MR) is 73.3 cm³/mol. The van der Waals surface area contributed by atoms with Gasteiger partial charge in [0.15, 0.2) is 9.84 Å². The van der Waals surface area contributed by atoms with Gasteiger partial charge in [0.05, 0.1) is 5.56 Å². The summed E-state index contributed by atoms with van der Waals surface area (Å²) < 4.78 is 37.6. The average Bonchev–Trinajstić information content (AvgIpc) is 2.36. The van der Waals surface area contributed by atoms with Gasteiger partial charge in [0, 0.05) is 6.04 Å². The number of amides is 1. The molecule has 0 aliphatic heterocycles. The van der Waals surface area contributed by atoms with E-state index in [-0.39, 0.29) is 11.6 Å². The van der Waals surface area contributed by atoms with E-state index in [1.54, 1.807) is 6.92 Å². The normalized spacial score (nSPS) is 12.7. The van der Waals surface area contributed by atoms with Crippen LogP contribution in [0.2, 0.25) is 0 Å². The molecule has 0 bridgehead atoms. The highest BCUT2D eigenvalue weighted by molar-refractivity contribution is 7.92. The summed E-state index contributed by atoms with van der Waals surface area (Å²) in [6.45, 7) is 3.54. The Kier molecular flexibility index (Phi) is 5.42. The first-order valence-corrected chi connectivity index (χ1v) is 7.87. The van der Waals surface area contributed by atoms with Gasteiger partial charge in [-0.1, -0.05) is 6.92 Å². The Morgan fingerprint density at radius 1 is 1.38 bits per heavy atom. The van der Waals surface area contributed by atoms with Gasteiger partial charge in [-0.3, -0.25) is 4.79 Å². The third kappa shape index (κ3) is 4.52. The molecule has 116 valence electrons. The van der Waals surface area contributed by atoms with E-state index in [4.69, 9.17) is 5.11 Å². The van der Waals surface area contributed by atoms with Crippen LogP contribution in [-0.4, -0.2) is 37.2 Å². The molecule has 0 saturated heterocycles. The van der Waals surface area contributed by atoms with E-state index in [0.29, 0.717) is 12.5 Å². The lowest BCUT2D eigenvalue weighted by Crippen LogP contribution is -2.36. The van der Waals surface area contributed by atoms with Crippen molar-refractivity contribution in [2.75, 3.05) is 5.75 Å². The SMILES string of the molecule is CCC(C)NC(=O)CS(=O)(=O)c1ccc(C(=O)O)cc1F. The molecule has 0 aliphatic rings. The summed E-state index contributed by atoms with van der Waals surface area (Å²) in [7, 11) is -4.17. The zero-order valence-corrected chi connectivity index (χ0v) is 12.4. The molecular formula is C13H16FNO5S. The fourth-order valence-electron chi connectivity index (χ4n) is 1.55. The predicted octanol–water partition coefficient (Wildman–Crippen LogP) is 1.21. The minimum absolute atomic E-state index is 0.188. The number of halogens is 1. The molecule has 1 amide bonds. The van der Waals surface area contributed by atoms with E-state index in [0.717, 1.165) is 12.1 Å². The molecule has 0 spiro atoms. The molecule has 0 saturated carbocycles. The monoisotopic (exact) mass is 317 g/mol. The van der Waals surface area contributed by atoms with E-state index in [2.05, 4.69) is 5.32 Å². The highest BCUT2D eigenvalue weighted by Gasteiger charge is 2.24. The van der Waals surface area contributed by atoms with E-state index in [9.17, 15) is 22.4 Å². The van der Waals surface area contributed by atoms with Crippen molar-refractivity contribution in [1.82, 2.24) is 5.32 Å². The Bertz CT molecular complexity index is 657. The summed E-state index contributed by atoms with van der Waals surface area (Å²) in [5.74, 6) is -4.18. The minimum atomic E-state index is -4.17. The van der Waals surface area contributed by atoms with Crippen LogP contribution in [0.15, 0.2) is 23.1 Å². The lowest BCUT2D eigenvalue weighted by molar-refractivity contribution is -0.119. The van der Waals surface area contributed by atoms with Gasteiger partial charge in [-0.05, 0) is 31.5 Å². The second kappa shape index (κ2) is 6.66. The number of sulfone groups is 1. The van der Waals surface area contributed by atoms with Gasteiger partial charge < -0.3 is 10.4 Å². The zero-order chi connectivity index (χ0) is 16.2. The van der Waals surface area contributed by atoms with Crippen molar-refractivity contribution in [3.05, 3.63) is 29.6 Å². The number of carboxylic acids is 1. The van der Waals surface area contributed by atoms with Crippen molar-refractivity contribution in [2.24, 2.45) is 0 Å². The van der Waals surface area contributed by atoms with Crippen LogP contribution in [0.25, 0.3) is 0 Å². The maximum Gasteiger partial charge on any atom is 0.335 e. The van der Waals surface area contributed by atoms with Crippen molar-refractivity contribution in [3.63, 3.8) is 0 Å². The maximum atomic E-state index is 13.7. The largest absolute Gasteiger partial charge is 0.478 e. The Morgan fingerprint density at radius 3 is 2.48 bits per heavy atom. The van der Waals surface area contributed by atoms with Crippen LogP contribution in [0.5, 0.6) is 0 Å². The van der Waals surface area contributed by atoms with E-state index < -0.39 is 38.2 Å². The lowest BCUT2D eigenvalue weighted by Gasteiger charge is -2.12. The molecule has 0 radical (unpaired) electrons. The smallest absolute Gasteiger partial charge is 0.335 e. The van der Waals surface area contributed by atoms with E-state index in [1.165, 1.54) is 0 Å². The Hall–Kier alpha value is -1.96. The van der Waals surface area contributed by atoms with Crippen molar-refractivity contribution < 1.29 is 27.5 Å². The molecule has 21 heavy (non-hydrogen) atoms. The van der Waals surface area contributed by atoms with Crippen LogP contribution >= 0.6 is 0 Å². The number of hydrogen-bond acceptors (Lipinski definition) is 4. The van der Waals surface area contributed by atoms with Gasteiger partial charge in [0.2, 0.25) is 5.91 Å². The van der Waals surface area contributed by atoms with Crippen LogP contribution < -0.4 is 5.32 Å². The van der Waals surface area contributed by atoms with Crippen molar-refractivity contribution in [1.29, 1.82) is 0 Å². The van der Waals surface area contributed by atoms with Crippen LogP contribution in [0.4, 0.5) is 4.39 Å². The number of carboxylic acid groups (broad SMARTS) is 1. The van der Waals surface area contributed by atoms with Gasteiger partial charge in [-0.25, -0.2) is 17.6 Å². The first-order valence-electron chi connectivity index (χ1n) is 6.22. The van der Waals surface area contributed by atoms with Crippen molar-refractivity contribution >= 4 is 21.7 Å². The number of aromatic carboxylic acids is 1. The first kappa shape index (κ1) is 17.1. The van der Waals surface area contributed by atoms with Crippen molar-refractivity contribution in [2.45, 2.75) is 31.2 Å².